The van der Waals surface area contributed by atoms with Crippen LogP contribution in [0.3, 0.4) is 0 Å². The minimum Gasteiger partial charge on any atom is -0.478 e. The summed E-state index contributed by atoms with van der Waals surface area (Å²) in [5.41, 5.74) is 1.14. The summed E-state index contributed by atoms with van der Waals surface area (Å²) in [6.07, 6.45) is 0. The molecule has 15 heavy (non-hydrogen) atoms. The number of nitrogens with zero attached hydrogens (tertiary/aromatic N) is 1. The Bertz CT molecular complexity index is 402. The van der Waals surface area contributed by atoms with Crippen LogP contribution in [-0.4, -0.2) is 17.4 Å². The Kier molecular flexibility index (Phi) is 3.38. The molecule has 0 radical (unpaired) electrons. The molecule has 0 aromatic heterocycles. The van der Waals surface area contributed by atoms with E-state index in [1.807, 2.05) is 0 Å². The van der Waals surface area contributed by atoms with Gasteiger partial charge in [-0.2, -0.15) is 0 Å². The van der Waals surface area contributed by atoms with E-state index in [9.17, 15) is 10.1 Å². The number of nitrogens with one attached hydrogen (secondary N) is 1. The standard InChI is InChI=1S/C10H12N2O3/c1-3-15-10(11)8-4-5-9(12(13)14)7(2)6-8/h4-6,11H,3H2,1-2H3. The van der Waals surface area contributed by atoms with E-state index in [1.54, 1.807) is 19.9 Å². The first-order valence-corrected chi connectivity index (χ1v) is 4.53. The minimum atomic E-state index is -0.441. The molecule has 0 saturated carbocycles. The van der Waals surface area contributed by atoms with E-state index in [0.29, 0.717) is 17.7 Å². The molecule has 0 heterocycles. The predicted octanol–water partition coefficient (Wildman–Crippen LogP) is 2.27. The Hall–Kier alpha value is -1.91. The third-order valence-electron chi connectivity index (χ3n) is 1.94. The van der Waals surface area contributed by atoms with Crippen molar-refractivity contribution in [2.45, 2.75) is 13.8 Å². The van der Waals surface area contributed by atoms with Crippen LogP contribution in [0, 0.1) is 22.4 Å². The summed E-state index contributed by atoms with van der Waals surface area (Å²) >= 11 is 0. The second kappa shape index (κ2) is 4.54. The van der Waals surface area contributed by atoms with Crippen LogP contribution in [0.15, 0.2) is 18.2 Å². The molecule has 80 valence electrons. The molecular formula is C10H12N2O3. The van der Waals surface area contributed by atoms with Gasteiger partial charge in [0.05, 0.1) is 11.5 Å². The lowest BCUT2D eigenvalue weighted by Gasteiger charge is -2.05. The first-order valence-electron chi connectivity index (χ1n) is 4.53. The number of ether oxygens (including phenoxy) is 1. The lowest BCUT2D eigenvalue weighted by molar-refractivity contribution is -0.385. The second-order valence-electron chi connectivity index (χ2n) is 3.02. The van der Waals surface area contributed by atoms with Crippen molar-refractivity contribution in [2.75, 3.05) is 6.61 Å². The fraction of sp³-hybridized carbons (Fsp3) is 0.300. The zero-order valence-corrected chi connectivity index (χ0v) is 8.61. The molecule has 0 amide bonds. The van der Waals surface area contributed by atoms with Crippen molar-refractivity contribution in [3.63, 3.8) is 0 Å². The Morgan fingerprint density at radius 3 is 2.73 bits per heavy atom. The highest BCUT2D eigenvalue weighted by Gasteiger charge is 2.12. The summed E-state index contributed by atoms with van der Waals surface area (Å²) in [5.74, 6) is 0.0375. The number of aryl methyl sites for hydroxylation is 1. The average molecular weight is 208 g/mol. The fourth-order valence-corrected chi connectivity index (χ4v) is 1.23. The number of hydrogen-bond acceptors (Lipinski definition) is 4. The third kappa shape index (κ3) is 2.52. The van der Waals surface area contributed by atoms with Crippen molar-refractivity contribution in [1.82, 2.24) is 0 Å². The van der Waals surface area contributed by atoms with Gasteiger partial charge in [-0.1, -0.05) is 0 Å². The number of nitro groups is 1. The van der Waals surface area contributed by atoms with Crippen LogP contribution < -0.4 is 0 Å². The Morgan fingerprint density at radius 1 is 1.60 bits per heavy atom. The number of nitro benzene ring substituents is 1. The van der Waals surface area contributed by atoms with Gasteiger partial charge in [0.15, 0.2) is 0 Å². The van der Waals surface area contributed by atoms with Gasteiger partial charge < -0.3 is 4.74 Å². The topological polar surface area (TPSA) is 76.2 Å². The van der Waals surface area contributed by atoms with Crippen LogP contribution in [0.2, 0.25) is 0 Å². The highest BCUT2D eigenvalue weighted by atomic mass is 16.6. The van der Waals surface area contributed by atoms with Crippen molar-refractivity contribution in [3.8, 4) is 0 Å². The van der Waals surface area contributed by atoms with Crippen molar-refractivity contribution in [1.29, 1.82) is 5.41 Å². The summed E-state index contributed by atoms with van der Waals surface area (Å²) in [4.78, 5) is 10.1. The molecule has 1 aromatic carbocycles. The maximum atomic E-state index is 10.5. The highest BCUT2D eigenvalue weighted by molar-refractivity contribution is 5.92. The van der Waals surface area contributed by atoms with E-state index < -0.39 is 4.92 Å². The van der Waals surface area contributed by atoms with Crippen LogP contribution in [0.25, 0.3) is 0 Å². The van der Waals surface area contributed by atoms with E-state index in [-0.39, 0.29) is 11.6 Å². The molecule has 5 heteroatoms. The van der Waals surface area contributed by atoms with Gasteiger partial charge in [0.1, 0.15) is 0 Å². The molecule has 0 aliphatic rings. The average Bonchev–Trinajstić information content (AvgIpc) is 2.17. The molecule has 1 N–H and O–H groups in total. The molecule has 5 nitrogen and oxygen atoms in total. The molecular weight excluding hydrogens is 196 g/mol. The smallest absolute Gasteiger partial charge is 0.272 e. The van der Waals surface area contributed by atoms with Gasteiger partial charge in [0, 0.05) is 17.2 Å². The summed E-state index contributed by atoms with van der Waals surface area (Å²) in [7, 11) is 0. The lowest BCUT2D eigenvalue weighted by atomic mass is 10.1. The van der Waals surface area contributed by atoms with Gasteiger partial charge in [-0.05, 0) is 26.0 Å². The number of hydrogen-bond donors (Lipinski definition) is 1. The van der Waals surface area contributed by atoms with Crippen molar-refractivity contribution in [3.05, 3.63) is 39.4 Å². The van der Waals surface area contributed by atoms with Crippen molar-refractivity contribution < 1.29 is 9.66 Å². The molecule has 0 spiro atoms. The van der Waals surface area contributed by atoms with Crippen LogP contribution in [0.1, 0.15) is 18.1 Å². The predicted molar refractivity (Wildman–Crippen MR) is 56.3 cm³/mol. The Morgan fingerprint density at radius 2 is 2.27 bits per heavy atom. The molecule has 0 bridgehead atoms. The zero-order chi connectivity index (χ0) is 11.4. The van der Waals surface area contributed by atoms with E-state index in [2.05, 4.69) is 0 Å². The Balaban J connectivity index is 3.01. The van der Waals surface area contributed by atoms with Crippen molar-refractivity contribution >= 4 is 11.6 Å². The Labute approximate surface area is 87.3 Å². The molecule has 0 saturated heterocycles. The summed E-state index contributed by atoms with van der Waals surface area (Å²) in [6, 6.07) is 4.48. The van der Waals surface area contributed by atoms with Crippen LogP contribution >= 0.6 is 0 Å². The summed E-state index contributed by atoms with van der Waals surface area (Å²) in [5, 5.41) is 18.1. The van der Waals surface area contributed by atoms with E-state index >= 15 is 0 Å². The number of benzene rings is 1. The molecule has 1 rings (SSSR count). The summed E-state index contributed by atoms with van der Waals surface area (Å²) in [6.45, 7) is 3.84. The SMILES string of the molecule is CCOC(=N)c1ccc([N+](=O)[O-])c(C)c1. The van der Waals surface area contributed by atoms with E-state index in [4.69, 9.17) is 10.1 Å². The van der Waals surface area contributed by atoms with Gasteiger partial charge in [-0.25, -0.2) is 0 Å². The molecule has 1 aromatic rings. The highest BCUT2D eigenvalue weighted by Crippen LogP contribution is 2.19. The minimum absolute atomic E-state index is 0.0375. The van der Waals surface area contributed by atoms with Crippen LogP contribution in [-0.2, 0) is 4.74 Å². The molecule has 0 aliphatic carbocycles. The normalized spacial score (nSPS) is 9.73. The molecule has 0 unspecified atom stereocenters. The maximum absolute atomic E-state index is 10.5. The summed E-state index contributed by atoms with van der Waals surface area (Å²) < 4.78 is 5.00. The van der Waals surface area contributed by atoms with Gasteiger partial charge >= 0.3 is 0 Å². The third-order valence-corrected chi connectivity index (χ3v) is 1.94. The number of rotatable bonds is 3. The van der Waals surface area contributed by atoms with Gasteiger partial charge in [0.2, 0.25) is 5.90 Å². The first-order chi connectivity index (χ1) is 7.06. The monoisotopic (exact) mass is 208 g/mol. The fourth-order valence-electron chi connectivity index (χ4n) is 1.23. The lowest BCUT2D eigenvalue weighted by Crippen LogP contribution is -2.05. The quantitative estimate of drug-likeness (QED) is 0.358. The van der Waals surface area contributed by atoms with Gasteiger partial charge in [0.25, 0.3) is 5.69 Å². The molecule has 0 fully saturated rings. The van der Waals surface area contributed by atoms with Crippen molar-refractivity contribution in [2.24, 2.45) is 0 Å². The van der Waals surface area contributed by atoms with E-state index in [0.717, 1.165) is 0 Å². The molecule has 0 atom stereocenters. The van der Waals surface area contributed by atoms with Crippen LogP contribution in [0.5, 0.6) is 0 Å². The van der Waals surface area contributed by atoms with Gasteiger partial charge in [-0.15, -0.1) is 0 Å². The van der Waals surface area contributed by atoms with E-state index in [1.165, 1.54) is 12.1 Å². The van der Waals surface area contributed by atoms with Crippen LogP contribution in [0.4, 0.5) is 5.69 Å². The largest absolute Gasteiger partial charge is 0.478 e. The second-order valence-corrected chi connectivity index (χ2v) is 3.02. The maximum Gasteiger partial charge on any atom is 0.272 e. The molecule has 0 aliphatic heterocycles. The first kappa shape index (κ1) is 11.2. The zero-order valence-electron chi connectivity index (χ0n) is 8.61. The van der Waals surface area contributed by atoms with Gasteiger partial charge in [-0.3, -0.25) is 15.5 Å².